The molecule has 2 atom stereocenters. The molecule has 5 nitrogen and oxygen atoms in total. The first-order valence-corrected chi connectivity index (χ1v) is 10.2. The number of rotatable bonds is 3. The third-order valence-electron chi connectivity index (χ3n) is 6.04. The molecule has 0 saturated carbocycles. The van der Waals surface area contributed by atoms with Gasteiger partial charge in [-0.2, -0.15) is 5.11 Å². The Morgan fingerprint density at radius 2 is 1.57 bits per heavy atom. The van der Waals surface area contributed by atoms with E-state index >= 15 is 0 Å². The van der Waals surface area contributed by atoms with Crippen LogP contribution in [0.25, 0.3) is 0 Å². The van der Waals surface area contributed by atoms with Crippen molar-refractivity contribution < 1.29 is 9.53 Å². The number of ether oxygens (including phenoxy) is 1. The predicted molar refractivity (Wildman–Crippen MR) is 114 cm³/mol. The SMILES string of the molecule is COC(=O)c1ccc(CN2N=NC3c4ccccc4CCc4ccccc4C32)cc1. The quantitative estimate of drug-likeness (QED) is 0.568. The number of benzene rings is 3. The van der Waals surface area contributed by atoms with Crippen molar-refractivity contribution in [2.24, 2.45) is 10.3 Å². The Morgan fingerprint density at radius 1 is 0.933 bits per heavy atom. The van der Waals surface area contributed by atoms with Crippen molar-refractivity contribution in [3.05, 3.63) is 106 Å². The van der Waals surface area contributed by atoms with Gasteiger partial charge in [0, 0.05) is 0 Å². The van der Waals surface area contributed by atoms with Gasteiger partial charge in [0.2, 0.25) is 0 Å². The van der Waals surface area contributed by atoms with Gasteiger partial charge in [0.15, 0.2) is 0 Å². The summed E-state index contributed by atoms with van der Waals surface area (Å²) in [6.07, 6.45) is 2.03. The summed E-state index contributed by atoms with van der Waals surface area (Å²) in [5.74, 6) is -0.326. The number of nitrogens with zero attached hydrogens (tertiary/aromatic N) is 3. The van der Waals surface area contributed by atoms with Crippen LogP contribution in [0.3, 0.4) is 0 Å². The van der Waals surface area contributed by atoms with Crippen LogP contribution in [0, 0.1) is 0 Å². The second kappa shape index (κ2) is 7.75. The van der Waals surface area contributed by atoms with Gasteiger partial charge in [0.1, 0.15) is 12.1 Å². The molecule has 2 unspecified atom stereocenters. The second-order valence-electron chi connectivity index (χ2n) is 7.78. The van der Waals surface area contributed by atoms with Crippen LogP contribution in [0.2, 0.25) is 0 Å². The van der Waals surface area contributed by atoms with Crippen LogP contribution in [0.15, 0.2) is 83.1 Å². The molecule has 0 N–H and O–H groups in total. The van der Waals surface area contributed by atoms with E-state index in [9.17, 15) is 4.79 Å². The lowest BCUT2D eigenvalue weighted by atomic mass is 9.83. The average Bonchev–Trinajstić information content (AvgIpc) is 3.19. The van der Waals surface area contributed by atoms with Crippen molar-refractivity contribution in [1.82, 2.24) is 5.01 Å². The summed E-state index contributed by atoms with van der Waals surface area (Å²) >= 11 is 0. The van der Waals surface area contributed by atoms with Crippen LogP contribution < -0.4 is 0 Å². The Morgan fingerprint density at radius 3 is 2.27 bits per heavy atom. The summed E-state index contributed by atoms with van der Waals surface area (Å²) in [5.41, 5.74) is 6.91. The Hall–Kier alpha value is -3.47. The molecule has 1 aliphatic carbocycles. The minimum Gasteiger partial charge on any atom is -0.465 e. The van der Waals surface area contributed by atoms with Gasteiger partial charge in [-0.25, -0.2) is 4.79 Å². The normalized spacial score (nSPS) is 19.3. The van der Waals surface area contributed by atoms with Crippen LogP contribution >= 0.6 is 0 Å². The molecule has 3 aromatic rings. The minimum atomic E-state index is -0.326. The van der Waals surface area contributed by atoms with Crippen LogP contribution in [-0.2, 0) is 24.1 Å². The molecule has 0 aromatic heterocycles. The smallest absolute Gasteiger partial charge is 0.337 e. The van der Waals surface area contributed by atoms with Gasteiger partial charge in [0.25, 0.3) is 0 Å². The number of methoxy groups -OCH3 is 1. The molecule has 2 aliphatic rings. The maximum absolute atomic E-state index is 11.7. The van der Waals surface area contributed by atoms with Crippen molar-refractivity contribution in [3.8, 4) is 0 Å². The lowest BCUT2D eigenvalue weighted by Gasteiger charge is -2.30. The number of esters is 1. The van der Waals surface area contributed by atoms with Crippen molar-refractivity contribution in [3.63, 3.8) is 0 Å². The zero-order chi connectivity index (χ0) is 20.5. The van der Waals surface area contributed by atoms with E-state index in [-0.39, 0.29) is 18.1 Å². The van der Waals surface area contributed by atoms with Crippen molar-refractivity contribution in [1.29, 1.82) is 0 Å². The zero-order valence-corrected chi connectivity index (χ0v) is 16.9. The summed E-state index contributed by atoms with van der Waals surface area (Å²) < 4.78 is 4.80. The molecule has 1 aliphatic heterocycles. The highest BCUT2D eigenvalue weighted by Gasteiger charge is 2.38. The number of fused-ring (bicyclic) bond motifs is 5. The fourth-order valence-corrected chi connectivity index (χ4v) is 4.52. The Kier molecular flexibility index (Phi) is 4.79. The van der Waals surface area contributed by atoms with E-state index in [0.29, 0.717) is 12.1 Å². The van der Waals surface area contributed by atoms with Gasteiger partial charge < -0.3 is 4.74 Å². The first-order chi connectivity index (χ1) is 14.7. The summed E-state index contributed by atoms with van der Waals surface area (Å²) in [7, 11) is 1.39. The van der Waals surface area contributed by atoms with Crippen molar-refractivity contribution in [2.45, 2.75) is 31.5 Å². The van der Waals surface area contributed by atoms with E-state index in [1.54, 1.807) is 12.1 Å². The zero-order valence-electron chi connectivity index (χ0n) is 16.9. The summed E-state index contributed by atoms with van der Waals surface area (Å²) in [5, 5.41) is 11.4. The standard InChI is InChI=1S/C25H23N3O2/c1-30-25(29)20-12-10-17(11-13-20)16-28-24-22-9-5-3-7-19(22)15-14-18-6-2-4-8-21(18)23(24)26-27-28/h2-13,23-24H,14-16H2,1H3. The topological polar surface area (TPSA) is 54.3 Å². The summed E-state index contributed by atoms with van der Waals surface area (Å²) in [6.45, 7) is 0.628. The van der Waals surface area contributed by atoms with E-state index in [0.717, 1.165) is 18.4 Å². The fourth-order valence-electron chi connectivity index (χ4n) is 4.52. The molecule has 0 saturated heterocycles. The Balaban J connectivity index is 1.50. The first-order valence-electron chi connectivity index (χ1n) is 10.2. The minimum absolute atomic E-state index is 0.0167. The van der Waals surface area contributed by atoms with E-state index in [1.165, 1.54) is 29.4 Å². The summed E-state index contributed by atoms with van der Waals surface area (Å²) in [6, 6.07) is 24.8. The maximum Gasteiger partial charge on any atom is 0.337 e. The molecule has 0 spiro atoms. The number of carbonyl (C=O) groups is 1. The van der Waals surface area contributed by atoms with Crippen LogP contribution in [0.1, 0.15) is 50.3 Å². The lowest BCUT2D eigenvalue weighted by molar-refractivity contribution is 0.0600. The third-order valence-corrected chi connectivity index (χ3v) is 6.04. The van der Waals surface area contributed by atoms with Gasteiger partial charge in [-0.3, -0.25) is 5.01 Å². The predicted octanol–water partition coefficient (Wildman–Crippen LogP) is 5.24. The molecule has 0 bridgehead atoms. The Labute approximate surface area is 176 Å². The molecular weight excluding hydrogens is 374 g/mol. The van der Waals surface area contributed by atoms with Gasteiger partial charge in [-0.1, -0.05) is 65.9 Å². The van der Waals surface area contributed by atoms with E-state index < -0.39 is 0 Å². The maximum atomic E-state index is 11.7. The van der Waals surface area contributed by atoms with Gasteiger partial charge in [0.05, 0.1) is 19.2 Å². The largest absolute Gasteiger partial charge is 0.465 e. The van der Waals surface area contributed by atoms with Gasteiger partial charge >= 0.3 is 5.97 Å². The molecular formula is C25H23N3O2. The van der Waals surface area contributed by atoms with Gasteiger partial charge in [-0.05, 0) is 52.8 Å². The highest BCUT2D eigenvalue weighted by molar-refractivity contribution is 5.89. The number of carbonyl (C=O) groups excluding carboxylic acids is 1. The third kappa shape index (κ3) is 3.26. The molecule has 30 heavy (non-hydrogen) atoms. The van der Waals surface area contributed by atoms with Crippen LogP contribution in [-0.4, -0.2) is 18.1 Å². The van der Waals surface area contributed by atoms with Crippen molar-refractivity contribution >= 4 is 5.97 Å². The van der Waals surface area contributed by atoms with E-state index in [1.807, 2.05) is 12.1 Å². The highest BCUT2D eigenvalue weighted by Crippen LogP contribution is 2.46. The monoisotopic (exact) mass is 397 g/mol. The molecule has 1 heterocycles. The van der Waals surface area contributed by atoms with E-state index in [4.69, 9.17) is 9.85 Å². The molecule has 3 aromatic carbocycles. The van der Waals surface area contributed by atoms with Gasteiger partial charge in [-0.15, -0.1) is 0 Å². The molecule has 0 radical (unpaired) electrons. The molecule has 5 heteroatoms. The summed E-state index contributed by atoms with van der Waals surface area (Å²) in [4.78, 5) is 11.7. The average molecular weight is 397 g/mol. The molecule has 0 fully saturated rings. The van der Waals surface area contributed by atoms with Crippen molar-refractivity contribution in [2.75, 3.05) is 7.11 Å². The number of aryl methyl sites for hydroxylation is 2. The van der Waals surface area contributed by atoms with Crippen LogP contribution in [0.5, 0.6) is 0 Å². The lowest BCUT2D eigenvalue weighted by Crippen LogP contribution is -2.26. The fraction of sp³-hybridized carbons (Fsp3) is 0.240. The number of hydrogen-bond acceptors (Lipinski definition) is 5. The highest BCUT2D eigenvalue weighted by atomic mass is 16.5. The molecule has 0 amide bonds. The van der Waals surface area contributed by atoms with E-state index in [2.05, 4.69) is 58.8 Å². The second-order valence-corrected chi connectivity index (χ2v) is 7.78. The molecule has 150 valence electrons. The molecule has 5 rings (SSSR count). The first kappa shape index (κ1) is 18.6. The van der Waals surface area contributed by atoms with Crippen LogP contribution in [0.4, 0.5) is 0 Å². The number of hydrogen-bond donors (Lipinski definition) is 0. The Bertz CT molecular complexity index is 1110.